The van der Waals surface area contributed by atoms with Crippen LogP contribution in [0, 0.1) is 5.92 Å². The molecular formula is C21H26N4O3S. The van der Waals surface area contributed by atoms with Gasteiger partial charge in [-0.3, -0.25) is 9.59 Å². The fourth-order valence-electron chi connectivity index (χ4n) is 3.78. The van der Waals surface area contributed by atoms with Crippen LogP contribution in [-0.2, 0) is 9.53 Å². The summed E-state index contributed by atoms with van der Waals surface area (Å²) in [4.78, 5) is 31.6. The Morgan fingerprint density at radius 1 is 1.21 bits per heavy atom. The molecule has 2 fully saturated rings. The highest BCUT2D eigenvalue weighted by Crippen LogP contribution is 2.24. The molecule has 7 nitrogen and oxygen atoms in total. The van der Waals surface area contributed by atoms with Crippen LogP contribution in [0.1, 0.15) is 36.2 Å². The van der Waals surface area contributed by atoms with Gasteiger partial charge >= 0.3 is 0 Å². The molecule has 3 heterocycles. The molecule has 2 aliphatic rings. The van der Waals surface area contributed by atoms with Crippen LogP contribution in [0.4, 0.5) is 10.8 Å². The third-order valence-corrected chi connectivity index (χ3v) is 6.11. The molecule has 29 heavy (non-hydrogen) atoms. The molecule has 0 aliphatic carbocycles. The summed E-state index contributed by atoms with van der Waals surface area (Å²) in [5.74, 6) is -0.267. The van der Waals surface area contributed by atoms with E-state index in [4.69, 9.17) is 4.74 Å². The largest absolute Gasteiger partial charge is 0.376 e. The number of aromatic nitrogens is 1. The lowest BCUT2D eigenvalue weighted by atomic mass is 9.97. The quantitative estimate of drug-likeness (QED) is 0.759. The molecule has 0 radical (unpaired) electrons. The fourth-order valence-corrected chi connectivity index (χ4v) is 4.48. The minimum absolute atomic E-state index is 0.0164. The number of carbonyl (C=O) groups is 2. The lowest BCUT2D eigenvalue weighted by Crippen LogP contribution is -2.46. The number of nitrogens with one attached hydrogen (secondary N) is 2. The molecular weight excluding hydrogens is 388 g/mol. The molecule has 0 saturated carbocycles. The predicted molar refractivity (Wildman–Crippen MR) is 112 cm³/mol. The highest BCUT2D eigenvalue weighted by molar-refractivity contribution is 7.14. The van der Waals surface area contributed by atoms with Crippen molar-refractivity contribution in [3.8, 4) is 0 Å². The van der Waals surface area contributed by atoms with Gasteiger partial charge in [-0.1, -0.05) is 18.2 Å². The number of benzene rings is 1. The Morgan fingerprint density at radius 3 is 2.86 bits per heavy atom. The minimum Gasteiger partial charge on any atom is -0.376 e. The van der Waals surface area contributed by atoms with Gasteiger partial charge in [0.05, 0.1) is 12.0 Å². The number of piperidine rings is 1. The summed E-state index contributed by atoms with van der Waals surface area (Å²) in [6.45, 7) is 2.44. The van der Waals surface area contributed by atoms with Crippen LogP contribution in [0.2, 0.25) is 0 Å². The van der Waals surface area contributed by atoms with E-state index >= 15 is 0 Å². The Morgan fingerprint density at radius 2 is 2.07 bits per heavy atom. The number of hydrogen-bond acceptors (Lipinski definition) is 6. The predicted octanol–water partition coefficient (Wildman–Crippen LogP) is 3.03. The molecule has 2 saturated heterocycles. The van der Waals surface area contributed by atoms with Crippen LogP contribution in [0.5, 0.6) is 0 Å². The average Bonchev–Trinajstić information content (AvgIpc) is 3.44. The molecule has 2 aromatic rings. The van der Waals surface area contributed by atoms with Crippen molar-refractivity contribution >= 4 is 34.0 Å². The van der Waals surface area contributed by atoms with Crippen molar-refractivity contribution < 1.29 is 14.3 Å². The van der Waals surface area contributed by atoms with Crippen LogP contribution in [0.15, 0.2) is 35.7 Å². The second-order valence-corrected chi connectivity index (χ2v) is 8.36. The molecule has 4 rings (SSSR count). The van der Waals surface area contributed by atoms with E-state index in [1.165, 1.54) is 11.3 Å². The zero-order chi connectivity index (χ0) is 20.1. The number of hydrogen-bond donors (Lipinski definition) is 2. The van der Waals surface area contributed by atoms with E-state index in [9.17, 15) is 9.59 Å². The summed E-state index contributed by atoms with van der Waals surface area (Å²) in [6, 6.07) is 9.74. The maximum Gasteiger partial charge on any atom is 0.273 e. The zero-order valence-electron chi connectivity index (χ0n) is 16.3. The first-order valence-corrected chi connectivity index (χ1v) is 11.0. The van der Waals surface area contributed by atoms with Crippen molar-refractivity contribution in [3.63, 3.8) is 0 Å². The number of para-hydroxylation sites is 1. The molecule has 2 unspecified atom stereocenters. The summed E-state index contributed by atoms with van der Waals surface area (Å²) in [5, 5.41) is 8.67. The first kappa shape index (κ1) is 19.8. The highest BCUT2D eigenvalue weighted by Gasteiger charge is 2.30. The zero-order valence-corrected chi connectivity index (χ0v) is 17.1. The van der Waals surface area contributed by atoms with Gasteiger partial charge in [-0.05, 0) is 37.8 Å². The number of nitrogens with zero attached hydrogens (tertiary/aromatic N) is 2. The summed E-state index contributed by atoms with van der Waals surface area (Å²) < 4.78 is 5.56. The Balaban J connectivity index is 1.32. The van der Waals surface area contributed by atoms with E-state index in [-0.39, 0.29) is 23.8 Å². The minimum atomic E-state index is -0.172. The standard InChI is InChI=1S/C21H26N4O3S/c26-19(22-12-17-9-5-11-28-17)15-6-4-10-25(13-15)20(27)18-14-29-21(24-18)23-16-7-2-1-3-8-16/h1-3,7-8,14-15,17H,4-6,9-13H2,(H,22,26)(H,23,24). The van der Waals surface area contributed by atoms with Crippen molar-refractivity contribution in [2.24, 2.45) is 5.92 Å². The van der Waals surface area contributed by atoms with Gasteiger partial charge in [0, 0.05) is 37.3 Å². The van der Waals surface area contributed by atoms with Crippen LogP contribution >= 0.6 is 11.3 Å². The smallest absolute Gasteiger partial charge is 0.273 e. The van der Waals surface area contributed by atoms with Crippen molar-refractivity contribution in [1.29, 1.82) is 0 Å². The topological polar surface area (TPSA) is 83.6 Å². The number of amides is 2. The maximum absolute atomic E-state index is 12.9. The Labute approximate surface area is 174 Å². The lowest BCUT2D eigenvalue weighted by molar-refractivity contribution is -0.126. The lowest BCUT2D eigenvalue weighted by Gasteiger charge is -2.31. The molecule has 0 spiro atoms. The molecule has 8 heteroatoms. The first-order valence-electron chi connectivity index (χ1n) is 10.2. The number of carbonyl (C=O) groups excluding carboxylic acids is 2. The third-order valence-electron chi connectivity index (χ3n) is 5.36. The van der Waals surface area contributed by atoms with Crippen molar-refractivity contribution in [2.75, 3.05) is 31.6 Å². The van der Waals surface area contributed by atoms with Crippen molar-refractivity contribution in [3.05, 3.63) is 41.4 Å². The van der Waals surface area contributed by atoms with E-state index < -0.39 is 0 Å². The van der Waals surface area contributed by atoms with E-state index in [0.29, 0.717) is 30.5 Å². The molecule has 1 aromatic carbocycles. The Kier molecular flexibility index (Phi) is 6.41. The number of likely N-dealkylation sites (tertiary alicyclic amines) is 1. The van der Waals surface area contributed by atoms with Gasteiger partial charge in [0.25, 0.3) is 5.91 Å². The second kappa shape index (κ2) is 9.37. The first-order chi connectivity index (χ1) is 14.2. The summed E-state index contributed by atoms with van der Waals surface area (Å²) in [6.07, 6.45) is 3.81. The molecule has 0 bridgehead atoms. The molecule has 2 amide bonds. The second-order valence-electron chi connectivity index (χ2n) is 7.50. The van der Waals surface area contributed by atoms with Crippen LogP contribution in [-0.4, -0.2) is 54.0 Å². The van der Waals surface area contributed by atoms with Gasteiger partial charge in [0.15, 0.2) is 5.13 Å². The molecule has 154 valence electrons. The van der Waals surface area contributed by atoms with Crippen molar-refractivity contribution in [1.82, 2.24) is 15.2 Å². The highest BCUT2D eigenvalue weighted by atomic mass is 32.1. The SMILES string of the molecule is O=C(NCC1CCCO1)C1CCCN(C(=O)c2csc(Nc3ccccc3)n2)C1. The van der Waals surface area contributed by atoms with Gasteiger partial charge in [-0.15, -0.1) is 11.3 Å². The van der Waals surface area contributed by atoms with Gasteiger partial charge in [-0.25, -0.2) is 4.98 Å². The third kappa shape index (κ3) is 5.13. The number of ether oxygens (including phenoxy) is 1. The number of anilines is 2. The monoisotopic (exact) mass is 414 g/mol. The maximum atomic E-state index is 12.9. The van der Waals surface area contributed by atoms with E-state index in [2.05, 4.69) is 15.6 Å². The summed E-state index contributed by atoms with van der Waals surface area (Å²) in [7, 11) is 0. The Hall–Kier alpha value is -2.45. The summed E-state index contributed by atoms with van der Waals surface area (Å²) in [5.41, 5.74) is 1.36. The van der Waals surface area contributed by atoms with E-state index in [0.717, 1.165) is 38.0 Å². The van der Waals surface area contributed by atoms with E-state index in [1.54, 1.807) is 10.3 Å². The Bertz CT molecular complexity index is 835. The van der Waals surface area contributed by atoms with Crippen LogP contribution < -0.4 is 10.6 Å². The van der Waals surface area contributed by atoms with Crippen LogP contribution in [0.25, 0.3) is 0 Å². The van der Waals surface area contributed by atoms with Crippen LogP contribution in [0.3, 0.4) is 0 Å². The van der Waals surface area contributed by atoms with Gasteiger partial charge in [0.1, 0.15) is 5.69 Å². The average molecular weight is 415 g/mol. The fraction of sp³-hybridized carbons (Fsp3) is 0.476. The van der Waals surface area contributed by atoms with Gasteiger partial charge in [-0.2, -0.15) is 0 Å². The van der Waals surface area contributed by atoms with E-state index in [1.807, 2.05) is 30.3 Å². The molecule has 2 N–H and O–H groups in total. The van der Waals surface area contributed by atoms with Gasteiger partial charge < -0.3 is 20.3 Å². The molecule has 1 aromatic heterocycles. The van der Waals surface area contributed by atoms with Crippen molar-refractivity contribution in [2.45, 2.75) is 31.8 Å². The number of rotatable bonds is 6. The summed E-state index contributed by atoms with van der Waals surface area (Å²) >= 11 is 1.40. The van der Waals surface area contributed by atoms with Gasteiger partial charge in [0.2, 0.25) is 5.91 Å². The molecule has 2 aliphatic heterocycles. The number of thiazole rings is 1. The normalized spacial score (nSPS) is 21.7. The molecule has 2 atom stereocenters.